The van der Waals surface area contributed by atoms with Gasteiger partial charge in [-0.05, 0) is 35.7 Å². The maximum atomic E-state index is 6.48. The van der Waals surface area contributed by atoms with Crippen LogP contribution < -0.4 is 18.9 Å². The zero-order valence-corrected chi connectivity index (χ0v) is 16.5. The molecule has 0 bridgehead atoms. The van der Waals surface area contributed by atoms with Crippen LogP contribution in [-0.2, 0) is 0 Å². The molecule has 146 valence electrons. The molecule has 6 rings (SSSR count). The number of ether oxygens (including phenoxy) is 4. The number of para-hydroxylation sites is 1. The van der Waals surface area contributed by atoms with Crippen molar-refractivity contribution in [3.05, 3.63) is 69.9 Å². The molecule has 0 aliphatic carbocycles. The summed E-state index contributed by atoms with van der Waals surface area (Å²) in [5.41, 5.74) is 3.14. The number of benzene rings is 2. The lowest BCUT2D eigenvalue weighted by Crippen LogP contribution is -2.33. The van der Waals surface area contributed by atoms with Crippen molar-refractivity contribution in [1.29, 1.82) is 0 Å². The minimum absolute atomic E-state index is 0.0846. The Balaban J connectivity index is 1.48. The van der Waals surface area contributed by atoms with Gasteiger partial charge in [-0.25, -0.2) is 5.01 Å². The van der Waals surface area contributed by atoms with Crippen molar-refractivity contribution in [2.45, 2.75) is 18.7 Å². The summed E-state index contributed by atoms with van der Waals surface area (Å²) in [6, 6.07) is 16.2. The fourth-order valence-electron chi connectivity index (χ4n) is 4.12. The van der Waals surface area contributed by atoms with E-state index in [0.29, 0.717) is 0 Å². The van der Waals surface area contributed by atoms with Crippen LogP contribution in [0.4, 0.5) is 0 Å². The summed E-state index contributed by atoms with van der Waals surface area (Å²) >= 11 is 1.71. The molecule has 0 spiro atoms. The first kappa shape index (κ1) is 16.7. The van der Waals surface area contributed by atoms with Gasteiger partial charge in [0.15, 0.2) is 23.0 Å². The standard InChI is InChI=1S/C22H18N2O4S/c1-25-18-5-2-4-14-16-11-15(20-6-3-9-29-20)23-24(16)22(28-21(14)18)13-7-8-17-19(10-13)27-12-26-17/h2-10,16,22H,11-12H2,1H3/t16-,22-/m0/s1. The van der Waals surface area contributed by atoms with E-state index in [9.17, 15) is 0 Å². The third-order valence-electron chi connectivity index (χ3n) is 5.49. The molecule has 4 heterocycles. The van der Waals surface area contributed by atoms with Crippen LogP contribution in [0.2, 0.25) is 0 Å². The van der Waals surface area contributed by atoms with E-state index in [1.165, 1.54) is 4.88 Å². The molecular weight excluding hydrogens is 388 g/mol. The highest BCUT2D eigenvalue weighted by Crippen LogP contribution is 2.51. The van der Waals surface area contributed by atoms with E-state index in [1.54, 1.807) is 18.4 Å². The fourth-order valence-corrected chi connectivity index (χ4v) is 4.84. The molecule has 2 aromatic carbocycles. The van der Waals surface area contributed by atoms with Crippen LogP contribution in [-0.4, -0.2) is 24.6 Å². The molecule has 3 aliphatic heterocycles. The van der Waals surface area contributed by atoms with E-state index in [4.69, 9.17) is 24.0 Å². The number of thiophene rings is 1. The van der Waals surface area contributed by atoms with Gasteiger partial charge in [0.1, 0.15) is 0 Å². The zero-order chi connectivity index (χ0) is 19.4. The molecule has 29 heavy (non-hydrogen) atoms. The predicted octanol–water partition coefficient (Wildman–Crippen LogP) is 4.73. The Kier molecular flexibility index (Phi) is 3.70. The minimum Gasteiger partial charge on any atom is -0.493 e. The average molecular weight is 406 g/mol. The molecule has 0 unspecified atom stereocenters. The lowest BCUT2D eigenvalue weighted by molar-refractivity contribution is -0.0209. The molecular formula is C22H18N2O4S. The molecule has 7 heteroatoms. The highest BCUT2D eigenvalue weighted by molar-refractivity contribution is 7.12. The highest BCUT2D eigenvalue weighted by atomic mass is 32.1. The molecule has 0 amide bonds. The topological polar surface area (TPSA) is 52.5 Å². The van der Waals surface area contributed by atoms with E-state index < -0.39 is 0 Å². The smallest absolute Gasteiger partial charge is 0.231 e. The van der Waals surface area contributed by atoms with Gasteiger partial charge < -0.3 is 18.9 Å². The molecule has 2 atom stereocenters. The fraction of sp³-hybridized carbons (Fsp3) is 0.227. The first-order valence-corrected chi connectivity index (χ1v) is 10.3. The van der Waals surface area contributed by atoms with Crippen LogP contribution in [0.3, 0.4) is 0 Å². The van der Waals surface area contributed by atoms with Gasteiger partial charge in [-0.1, -0.05) is 18.2 Å². The highest BCUT2D eigenvalue weighted by Gasteiger charge is 2.42. The van der Waals surface area contributed by atoms with Gasteiger partial charge in [-0.3, -0.25) is 0 Å². The number of rotatable bonds is 3. The van der Waals surface area contributed by atoms with Gasteiger partial charge >= 0.3 is 0 Å². The number of fused-ring (bicyclic) bond motifs is 4. The van der Waals surface area contributed by atoms with Crippen molar-refractivity contribution in [2.24, 2.45) is 5.10 Å². The van der Waals surface area contributed by atoms with Crippen LogP contribution in [0.25, 0.3) is 0 Å². The third kappa shape index (κ3) is 2.57. The number of hydrogen-bond donors (Lipinski definition) is 0. The molecule has 3 aliphatic rings. The Morgan fingerprint density at radius 3 is 2.90 bits per heavy atom. The second-order valence-corrected chi connectivity index (χ2v) is 8.03. The summed E-state index contributed by atoms with van der Waals surface area (Å²) in [6.07, 6.45) is 0.446. The molecule has 0 saturated heterocycles. The van der Waals surface area contributed by atoms with Crippen LogP contribution >= 0.6 is 11.3 Å². The van der Waals surface area contributed by atoms with E-state index >= 15 is 0 Å². The third-order valence-corrected chi connectivity index (χ3v) is 6.41. The molecule has 0 saturated carbocycles. The first-order chi connectivity index (χ1) is 14.3. The van der Waals surface area contributed by atoms with Gasteiger partial charge in [0.2, 0.25) is 13.0 Å². The van der Waals surface area contributed by atoms with Crippen molar-refractivity contribution < 1.29 is 18.9 Å². The summed E-state index contributed by atoms with van der Waals surface area (Å²) in [6.45, 7) is 0.244. The first-order valence-electron chi connectivity index (χ1n) is 9.44. The van der Waals surface area contributed by atoms with Crippen LogP contribution in [0, 0.1) is 0 Å². The maximum absolute atomic E-state index is 6.48. The predicted molar refractivity (Wildman–Crippen MR) is 109 cm³/mol. The quantitative estimate of drug-likeness (QED) is 0.630. The Morgan fingerprint density at radius 2 is 2.03 bits per heavy atom. The number of methoxy groups -OCH3 is 1. The van der Waals surface area contributed by atoms with Crippen molar-refractivity contribution >= 4 is 17.0 Å². The second kappa shape index (κ2) is 6.42. The summed E-state index contributed by atoms with van der Waals surface area (Å²) in [4.78, 5) is 1.19. The van der Waals surface area contributed by atoms with Crippen LogP contribution in [0.15, 0.2) is 59.0 Å². The van der Waals surface area contributed by atoms with Gasteiger partial charge in [-0.15, -0.1) is 11.3 Å². The Labute approximate surface area is 171 Å². The van der Waals surface area contributed by atoms with Crippen LogP contribution in [0.5, 0.6) is 23.0 Å². The molecule has 1 aromatic heterocycles. The largest absolute Gasteiger partial charge is 0.493 e. The summed E-state index contributed by atoms with van der Waals surface area (Å²) < 4.78 is 23.1. The number of nitrogens with zero attached hydrogens (tertiary/aromatic N) is 2. The van der Waals surface area contributed by atoms with Gasteiger partial charge in [0.05, 0.1) is 23.7 Å². The summed E-state index contributed by atoms with van der Waals surface area (Å²) in [5.74, 6) is 3.00. The van der Waals surface area contributed by atoms with Gasteiger partial charge in [0, 0.05) is 17.5 Å². The van der Waals surface area contributed by atoms with Crippen molar-refractivity contribution in [1.82, 2.24) is 5.01 Å². The number of hydrogen-bond acceptors (Lipinski definition) is 7. The molecule has 6 nitrogen and oxygen atoms in total. The lowest BCUT2D eigenvalue weighted by atomic mass is 9.97. The molecule has 0 fully saturated rings. The van der Waals surface area contributed by atoms with Gasteiger partial charge in [0.25, 0.3) is 0 Å². The van der Waals surface area contributed by atoms with Crippen molar-refractivity contribution in [2.75, 3.05) is 13.9 Å². The van der Waals surface area contributed by atoms with E-state index in [-0.39, 0.29) is 19.1 Å². The Bertz CT molecular complexity index is 1110. The number of hydrazone groups is 1. The summed E-state index contributed by atoms with van der Waals surface area (Å²) in [5, 5.41) is 9.13. The molecule has 0 radical (unpaired) electrons. The van der Waals surface area contributed by atoms with Crippen molar-refractivity contribution in [3.8, 4) is 23.0 Å². The minimum atomic E-state index is -0.379. The Hall–Kier alpha value is -3.19. The monoisotopic (exact) mass is 406 g/mol. The summed E-state index contributed by atoms with van der Waals surface area (Å²) in [7, 11) is 1.67. The normalized spacial score (nSPS) is 21.3. The van der Waals surface area contributed by atoms with Crippen molar-refractivity contribution in [3.63, 3.8) is 0 Å². The van der Waals surface area contributed by atoms with E-state index in [1.807, 2.05) is 30.3 Å². The SMILES string of the molecule is COc1cccc2c1O[C@@H](c1ccc3c(c1)OCO3)N1N=C(c3cccs3)C[C@@H]21. The van der Waals surface area contributed by atoms with E-state index in [2.05, 4.69) is 28.6 Å². The Morgan fingerprint density at radius 1 is 1.10 bits per heavy atom. The van der Waals surface area contributed by atoms with E-state index in [0.717, 1.165) is 46.3 Å². The average Bonchev–Trinajstić information content (AvgIpc) is 3.52. The molecule has 3 aromatic rings. The van der Waals surface area contributed by atoms with Crippen LogP contribution in [0.1, 0.15) is 34.7 Å². The molecule has 0 N–H and O–H groups in total. The second-order valence-electron chi connectivity index (χ2n) is 7.09. The lowest BCUT2D eigenvalue weighted by Gasteiger charge is -2.38. The maximum Gasteiger partial charge on any atom is 0.231 e. The zero-order valence-electron chi connectivity index (χ0n) is 15.7. The van der Waals surface area contributed by atoms with Gasteiger partial charge in [-0.2, -0.15) is 5.10 Å².